The molecule has 0 saturated carbocycles. The molecule has 4 heteroatoms. The van der Waals surface area contributed by atoms with E-state index in [-0.39, 0.29) is 4.95 Å². The Morgan fingerprint density at radius 3 is 2.62 bits per heavy atom. The monoisotopic (exact) mass is 263 g/mol. The maximum atomic E-state index is 5.95. The zero-order chi connectivity index (χ0) is 10.0. The van der Waals surface area contributed by atoms with Crippen LogP contribution < -0.4 is 10.5 Å². The molecule has 2 N–H and O–H groups in total. The first-order valence-electron chi connectivity index (χ1n) is 3.80. The molecule has 0 bridgehead atoms. The molecule has 2 nitrogen and oxygen atoms in total. The van der Waals surface area contributed by atoms with Crippen molar-refractivity contribution < 1.29 is 4.74 Å². The molecular formula is C9H11BrClNO. The van der Waals surface area contributed by atoms with E-state index in [0.29, 0.717) is 5.02 Å². The summed E-state index contributed by atoms with van der Waals surface area (Å²) in [6.07, 6.45) is 0. The van der Waals surface area contributed by atoms with E-state index >= 15 is 0 Å². The summed E-state index contributed by atoms with van der Waals surface area (Å²) in [5.74, 6) is 0.756. The quantitative estimate of drug-likeness (QED) is 0.658. The fourth-order valence-corrected chi connectivity index (χ4v) is 1.59. The average Bonchev–Trinajstić information content (AvgIpc) is 2.08. The second-order valence-electron chi connectivity index (χ2n) is 2.75. The van der Waals surface area contributed by atoms with Gasteiger partial charge in [-0.1, -0.05) is 27.5 Å². The number of hydrogen-bond acceptors (Lipinski definition) is 2. The summed E-state index contributed by atoms with van der Waals surface area (Å²) < 4.78 is 5.17. The van der Waals surface area contributed by atoms with E-state index in [1.54, 1.807) is 7.11 Å². The van der Waals surface area contributed by atoms with Crippen LogP contribution in [0.1, 0.15) is 16.1 Å². The van der Waals surface area contributed by atoms with Gasteiger partial charge < -0.3 is 10.5 Å². The van der Waals surface area contributed by atoms with Crippen molar-refractivity contribution in [3.63, 3.8) is 0 Å². The third-order valence-electron chi connectivity index (χ3n) is 1.81. The van der Waals surface area contributed by atoms with Gasteiger partial charge in [0.25, 0.3) is 0 Å². The van der Waals surface area contributed by atoms with Crippen molar-refractivity contribution in [2.75, 3.05) is 7.11 Å². The topological polar surface area (TPSA) is 35.2 Å². The van der Waals surface area contributed by atoms with E-state index in [0.717, 1.165) is 16.9 Å². The largest absolute Gasteiger partial charge is 0.496 e. The number of benzene rings is 1. The molecule has 1 aromatic rings. The van der Waals surface area contributed by atoms with Gasteiger partial charge in [0.1, 0.15) is 5.75 Å². The molecule has 0 aliphatic heterocycles. The molecule has 0 aromatic heterocycles. The fourth-order valence-electron chi connectivity index (χ4n) is 1.06. The third kappa shape index (κ3) is 2.36. The standard InChI is InChI=1S/C9H11BrClNO/c1-5-3-8(13-2)6(9(10)12)4-7(5)11/h3-4,9H,12H2,1-2H3. The minimum absolute atomic E-state index is 0.249. The molecule has 1 atom stereocenters. The van der Waals surface area contributed by atoms with Crippen LogP contribution in [-0.4, -0.2) is 7.11 Å². The first-order chi connectivity index (χ1) is 6.06. The number of alkyl halides is 1. The molecule has 0 amide bonds. The summed E-state index contributed by atoms with van der Waals surface area (Å²) in [7, 11) is 1.61. The fraction of sp³-hybridized carbons (Fsp3) is 0.333. The van der Waals surface area contributed by atoms with Crippen molar-refractivity contribution in [3.8, 4) is 5.75 Å². The van der Waals surface area contributed by atoms with Gasteiger partial charge in [-0.2, -0.15) is 0 Å². The molecule has 0 radical (unpaired) electrons. The normalized spacial score (nSPS) is 12.7. The smallest absolute Gasteiger partial charge is 0.124 e. The molecule has 0 aliphatic carbocycles. The van der Waals surface area contributed by atoms with Gasteiger partial charge in [-0.3, -0.25) is 0 Å². The number of methoxy groups -OCH3 is 1. The molecule has 72 valence electrons. The zero-order valence-corrected chi connectivity index (χ0v) is 9.82. The molecule has 0 heterocycles. The maximum Gasteiger partial charge on any atom is 0.124 e. The predicted molar refractivity (Wildman–Crippen MR) is 58.6 cm³/mol. The number of rotatable bonds is 2. The summed E-state index contributed by atoms with van der Waals surface area (Å²) in [6.45, 7) is 1.92. The molecule has 0 saturated heterocycles. The van der Waals surface area contributed by atoms with Gasteiger partial charge in [-0.15, -0.1) is 0 Å². The van der Waals surface area contributed by atoms with Crippen LogP contribution in [0.3, 0.4) is 0 Å². The van der Waals surface area contributed by atoms with Crippen LogP contribution in [0, 0.1) is 6.92 Å². The molecule has 0 spiro atoms. The lowest BCUT2D eigenvalue weighted by Crippen LogP contribution is -2.04. The average molecular weight is 265 g/mol. The van der Waals surface area contributed by atoms with Gasteiger partial charge in [0.2, 0.25) is 0 Å². The van der Waals surface area contributed by atoms with E-state index in [4.69, 9.17) is 22.1 Å². The van der Waals surface area contributed by atoms with Gasteiger partial charge in [0, 0.05) is 10.6 Å². The predicted octanol–water partition coefficient (Wildman–Crippen LogP) is 3.01. The zero-order valence-electron chi connectivity index (χ0n) is 7.47. The lowest BCUT2D eigenvalue weighted by Gasteiger charge is -2.12. The summed E-state index contributed by atoms with van der Waals surface area (Å²) in [6, 6.07) is 3.69. The Balaban J connectivity index is 3.25. The van der Waals surface area contributed by atoms with Crippen LogP contribution in [-0.2, 0) is 0 Å². The Labute approximate surface area is 91.2 Å². The molecule has 1 aromatic carbocycles. The SMILES string of the molecule is COc1cc(C)c(Cl)cc1C(N)Br. The minimum atomic E-state index is -0.249. The lowest BCUT2D eigenvalue weighted by atomic mass is 10.1. The molecule has 0 fully saturated rings. The number of nitrogens with two attached hydrogens (primary N) is 1. The van der Waals surface area contributed by atoms with Crippen LogP contribution in [0.25, 0.3) is 0 Å². The number of halogens is 2. The van der Waals surface area contributed by atoms with Crippen molar-refractivity contribution in [2.45, 2.75) is 11.9 Å². The molecule has 13 heavy (non-hydrogen) atoms. The Morgan fingerprint density at radius 1 is 1.54 bits per heavy atom. The molecule has 1 rings (SSSR count). The Morgan fingerprint density at radius 2 is 2.15 bits per heavy atom. The van der Waals surface area contributed by atoms with Crippen molar-refractivity contribution in [3.05, 3.63) is 28.3 Å². The van der Waals surface area contributed by atoms with Crippen molar-refractivity contribution in [2.24, 2.45) is 5.73 Å². The van der Waals surface area contributed by atoms with Gasteiger partial charge in [-0.05, 0) is 24.6 Å². The summed E-state index contributed by atoms with van der Waals surface area (Å²) >= 11 is 9.23. The summed E-state index contributed by atoms with van der Waals surface area (Å²) in [5.41, 5.74) is 7.53. The first kappa shape index (κ1) is 10.8. The van der Waals surface area contributed by atoms with Gasteiger partial charge in [0.05, 0.1) is 12.1 Å². The highest BCUT2D eigenvalue weighted by Gasteiger charge is 2.10. The first-order valence-corrected chi connectivity index (χ1v) is 5.09. The van der Waals surface area contributed by atoms with Crippen LogP contribution in [0.4, 0.5) is 0 Å². The second-order valence-corrected chi connectivity index (χ2v) is 4.14. The highest BCUT2D eigenvalue weighted by molar-refractivity contribution is 9.09. The van der Waals surface area contributed by atoms with Gasteiger partial charge in [-0.25, -0.2) is 0 Å². The van der Waals surface area contributed by atoms with E-state index in [1.807, 2.05) is 19.1 Å². The van der Waals surface area contributed by atoms with Crippen LogP contribution in [0.2, 0.25) is 5.02 Å². The number of aryl methyl sites for hydroxylation is 1. The highest BCUT2D eigenvalue weighted by Crippen LogP contribution is 2.32. The highest BCUT2D eigenvalue weighted by atomic mass is 79.9. The van der Waals surface area contributed by atoms with Crippen LogP contribution >= 0.6 is 27.5 Å². The van der Waals surface area contributed by atoms with Crippen molar-refractivity contribution in [1.29, 1.82) is 0 Å². The van der Waals surface area contributed by atoms with Crippen molar-refractivity contribution in [1.82, 2.24) is 0 Å². The van der Waals surface area contributed by atoms with Crippen LogP contribution in [0.15, 0.2) is 12.1 Å². The maximum absolute atomic E-state index is 5.95. The van der Waals surface area contributed by atoms with Gasteiger partial charge >= 0.3 is 0 Å². The molecule has 1 unspecified atom stereocenters. The summed E-state index contributed by atoms with van der Waals surface area (Å²) in [5, 5.41) is 0.700. The van der Waals surface area contributed by atoms with Crippen LogP contribution in [0.5, 0.6) is 5.75 Å². The molecule has 0 aliphatic rings. The number of ether oxygens (including phenoxy) is 1. The minimum Gasteiger partial charge on any atom is -0.496 e. The van der Waals surface area contributed by atoms with E-state index in [9.17, 15) is 0 Å². The van der Waals surface area contributed by atoms with E-state index in [2.05, 4.69) is 15.9 Å². The number of hydrogen-bond donors (Lipinski definition) is 1. The molecular weight excluding hydrogens is 253 g/mol. The van der Waals surface area contributed by atoms with Gasteiger partial charge in [0.15, 0.2) is 0 Å². The Bertz CT molecular complexity index is 315. The Kier molecular flexibility index (Phi) is 3.59. The summed E-state index contributed by atoms with van der Waals surface area (Å²) in [4.78, 5) is -0.249. The second kappa shape index (κ2) is 4.31. The Hall–Kier alpha value is -0.250. The third-order valence-corrected chi connectivity index (χ3v) is 2.71. The lowest BCUT2D eigenvalue weighted by molar-refractivity contribution is 0.409. The van der Waals surface area contributed by atoms with E-state index in [1.165, 1.54) is 0 Å². The van der Waals surface area contributed by atoms with Crippen molar-refractivity contribution >= 4 is 27.5 Å². The van der Waals surface area contributed by atoms with E-state index < -0.39 is 0 Å².